The van der Waals surface area contributed by atoms with E-state index in [0.29, 0.717) is 0 Å². The van der Waals surface area contributed by atoms with Crippen LogP contribution in [0.15, 0.2) is 23.4 Å². The van der Waals surface area contributed by atoms with Gasteiger partial charge in [-0.05, 0) is 6.07 Å². The molecule has 10 nitrogen and oxygen atoms in total. The van der Waals surface area contributed by atoms with Gasteiger partial charge >= 0.3 is 5.97 Å². The first-order chi connectivity index (χ1) is 10.9. The Morgan fingerprint density at radius 2 is 2.09 bits per heavy atom. The number of sulfonamides is 1. The second-order valence-corrected chi connectivity index (χ2v) is 6.26. The summed E-state index contributed by atoms with van der Waals surface area (Å²) in [6.07, 6.45) is 1.08. The van der Waals surface area contributed by atoms with Crippen molar-refractivity contribution >= 4 is 21.7 Å². The van der Waals surface area contributed by atoms with Crippen molar-refractivity contribution in [3.63, 3.8) is 0 Å². The maximum absolute atomic E-state index is 12.2. The summed E-state index contributed by atoms with van der Waals surface area (Å²) in [5.74, 6) is -1.02. The van der Waals surface area contributed by atoms with E-state index in [2.05, 4.69) is 14.9 Å². The first kappa shape index (κ1) is 15.1. The maximum Gasteiger partial charge on any atom is 0.339 e. The number of aromatic carboxylic acids is 1. The quantitative estimate of drug-likeness (QED) is 0.800. The third kappa shape index (κ3) is 2.90. The second-order valence-electron chi connectivity index (χ2n) is 4.63. The van der Waals surface area contributed by atoms with Gasteiger partial charge in [0.05, 0.1) is 11.9 Å². The summed E-state index contributed by atoms with van der Waals surface area (Å²) in [4.78, 5) is 12.4. The Labute approximate surface area is 130 Å². The van der Waals surface area contributed by atoms with Gasteiger partial charge in [0.15, 0.2) is 11.5 Å². The highest BCUT2D eigenvalue weighted by Crippen LogP contribution is 2.37. The molecule has 0 amide bonds. The summed E-state index contributed by atoms with van der Waals surface area (Å²) < 4.78 is 37.3. The van der Waals surface area contributed by atoms with Crippen LogP contribution in [0.25, 0.3) is 0 Å². The fourth-order valence-corrected chi connectivity index (χ4v) is 2.97. The van der Waals surface area contributed by atoms with Gasteiger partial charge in [-0.3, -0.25) is 4.72 Å². The molecule has 1 aromatic carbocycles. The van der Waals surface area contributed by atoms with Crippen LogP contribution in [0, 0.1) is 0 Å². The third-order valence-corrected chi connectivity index (χ3v) is 4.22. The largest absolute Gasteiger partial charge is 0.486 e. The lowest BCUT2D eigenvalue weighted by Crippen LogP contribution is -2.19. The Balaban J connectivity index is 2.00. The molecule has 0 bridgehead atoms. The number of aryl methyl sites for hydroxylation is 1. The number of nitrogens with zero attached hydrogens (tertiary/aromatic N) is 3. The average Bonchev–Trinajstić information content (AvgIpc) is 2.93. The lowest BCUT2D eigenvalue weighted by atomic mass is 10.1. The highest BCUT2D eigenvalue weighted by Gasteiger charge is 2.24. The predicted octanol–water partition coefficient (Wildman–Crippen LogP) is 0.0853. The van der Waals surface area contributed by atoms with Crippen LogP contribution in [0.2, 0.25) is 0 Å². The highest BCUT2D eigenvalue weighted by molar-refractivity contribution is 7.92. The molecule has 0 aliphatic carbocycles. The molecule has 0 unspecified atom stereocenters. The minimum absolute atomic E-state index is 0.0253. The van der Waals surface area contributed by atoms with E-state index in [1.54, 1.807) is 0 Å². The number of carboxylic acids is 1. The number of ether oxygens (including phenoxy) is 2. The smallest absolute Gasteiger partial charge is 0.339 e. The number of aromatic nitrogens is 3. The van der Waals surface area contributed by atoms with Crippen molar-refractivity contribution in [2.45, 2.75) is 5.03 Å². The molecule has 1 aromatic heterocycles. The van der Waals surface area contributed by atoms with Gasteiger partial charge in [0, 0.05) is 13.1 Å². The normalized spacial score (nSPS) is 13.6. The molecule has 11 heteroatoms. The van der Waals surface area contributed by atoms with Crippen LogP contribution < -0.4 is 14.2 Å². The summed E-state index contributed by atoms with van der Waals surface area (Å²) in [6.45, 7) is 0.463. The number of rotatable bonds is 4. The van der Waals surface area contributed by atoms with Crippen LogP contribution in [0.1, 0.15) is 10.4 Å². The first-order valence-electron chi connectivity index (χ1n) is 6.43. The van der Waals surface area contributed by atoms with E-state index in [1.807, 2.05) is 0 Å². The van der Waals surface area contributed by atoms with Crippen LogP contribution in [0.3, 0.4) is 0 Å². The first-order valence-corrected chi connectivity index (χ1v) is 7.91. The van der Waals surface area contributed by atoms with Crippen molar-refractivity contribution in [1.82, 2.24) is 15.0 Å². The number of benzene rings is 1. The Kier molecular flexibility index (Phi) is 3.56. The number of nitrogens with one attached hydrogen (secondary N) is 1. The minimum atomic E-state index is -4.00. The van der Waals surface area contributed by atoms with Crippen molar-refractivity contribution in [2.24, 2.45) is 7.05 Å². The average molecular weight is 340 g/mol. The standard InChI is InChI=1S/C12H12N4O6S/c1-16-13-6-10(14-16)23(19,20)15-7-4-8(12(17)18)11-9(5-7)21-2-3-22-11/h4-6,15H,2-3H2,1H3,(H,17,18). The molecule has 2 aromatic rings. The maximum atomic E-state index is 12.2. The molecule has 2 N–H and O–H groups in total. The summed E-state index contributed by atoms with van der Waals surface area (Å²) >= 11 is 0. The number of fused-ring (bicyclic) bond motifs is 1. The van der Waals surface area contributed by atoms with E-state index < -0.39 is 16.0 Å². The van der Waals surface area contributed by atoms with Gasteiger partial charge in [-0.2, -0.15) is 18.3 Å². The van der Waals surface area contributed by atoms with E-state index in [1.165, 1.54) is 13.1 Å². The highest BCUT2D eigenvalue weighted by atomic mass is 32.2. The monoisotopic (exact) mass is 340 g/mol. The molecule has 23 heavy (non-hydrogen) atoms. The number of hydrogen-bond acceptors (Lipinski definition) is 7. The Bertz CT molecular complexity index is 876. The van der Waals surface area contributed by atoms with Crippen LogP contribution >= 0.6 is 0 Å². The topological polar surface area (TPSA) is 133 Å². The van der Waals surface area contributed by atoms with Crippen molar-refractivity contribution in [3.8, 4) is 11.5 Å². The van der Waals surface area contributed by atoms with E-state index in [4.69, 9.17) is 9.47 Å². The van der Waals surface area contributed by atoms with Crippen LogP contribution in [-0.2, 0) is 17.1 Å². The van der Waals surface area contributed by atoms with Crippen LogP contribution in [0.4, 0.5) is 5.69 Å². The molecule has 0 fully saturated rings. The summed E-state index contributed by atoms with van der Waals surface area (Å²) in [5, 5.41) is 16.4. The zero-order valence-electron chi connectivity index (χ0n) is 11.9. The van der Waals surface area contributed by atoms with E-state index in [0.717, 1.165) is 17.1 Å². The predicted molar refractivity (Wildman–Crippen MR) is 76.2 cm³/mol. The van der Waals surface area contributed by atoms with Crippen molar-refractivity contribution in [3.05, 3.63) is 23.9 Å². The van der Waals surface area contributed by atoms with Gasteiger partial charge in [0.25, 0.3) is 10.0 Å². The van der Waals surface area contributed by atoms with Gasteiger partial charge < -0.3 is 14.6 Å². The fourth-order valence-electron chi connectivity index (χ4n) is 2.03. The Hall–Kier alpha value is -2.82. The molecule has 0 atom stereocenters. The van der Waals surface area contributed by atoms with Gasteiger partial charge in [-0.1, -0.05) is 0 Å². The van der Waals surface area contributed by atoms with E-state index in [-0.39, 0.29) is 41.0 Å². The molecule has 1 aliphatic heterocycles. The lowest BCUT2D eigenvalue weighted by molar-refractivity contribution is 0.0686. The number of carboxylic acid groups (broad SMARTS) is 1. The van der Waals surface area contributed by atoms with Gasteiger partial charge in [0.2, 0.25) is 5.03 Å². The van der Waals surface area contributed by atoms with E-state index >= 15 is 0 Å². The van der Waals surface area contributed by atoms with Crippen LogP contribution in [-0.4, -0.2) is 47.7 Å². The molecular weight excluding hydrogens is 328 g/mol. The van der Waals surface area contributed by atoms with Gasteiger partial charge in [-0.15, -0.1) is 5.10 Å². The van der Waals surface area contributed by atoms with Crippen molar-refractivity contribution in [2.75, 3.05) is 17.9 Å². The summed E-state index contributed by atoms with van der Waals surface area (Å²) in [6, 6.07) is 2.51. The molecule has 0 spiro atoms. The van der Waals surface area contributed by atoms with Crippen LogP contribution in [0.5, 0.6) is 11.5 Å². The molecule has 1 aliphatic rings. The number of hydrogen-bond donors (Lipinski definition) is 2. The second kappa shape index (κ2) is 5.43. The number of anilines is 1. The molecule has 0 saturated carbocycles. The molecule has 3 rings (SSSR count). The third-order valence-electron chi connectivity index (χ3n) is 2.98. The fraction of sp³-hybridized carbons (Fsp3) is 0.250. The minimum Gasteiger partial charge on any atom is -0.486 e. The lowest BCUT2D eigenvalue weighted by Gasteiger charge is -2.21. The summed E-state index contributed by atoms with van der Waals surface area (Å²) in [7, 11) is -2.52. The molecule has 0 saturated heterocycles. The molecular formula is C12H12N4O6S. The zero-order chi connectivity index (χ0) is 16.6. The summed E-state index contributed by atoms with van der Waals surface area (Å²) in [5.41, 5.74) is -0.170. The van der Waals surface area contributed by atoms with Gasteiger partial charge in [-0.25, -0.2) is 4.79 Å². The van der Waals surface area contributed by atoms with Crippen molar-refractivity contribution in [1.29, 1.82) is 0 Å². The number of carbonyl (C=O) groups is 1. The molecule has 122 valence electrons. The van der Waals surface area contributed by atoms with Crippen molar-refractivity contribution < 1.29 is 27.8 Å². The van der Waals surface area contributed by atoms with Gasteiger partial charge in [0.1, 0.15) is 18.8 Å². The Morgan fingerprint density at radius 3 is 2.74 bits per heavy atom. The Morgan fingerprint density at radius 1 is 1.35 bits per heavy atom. The molecule has 0 radical (unpaired) electrons. The SMILES string of the molecule is Cn1ncc(S(=O)(=O)Nc2cc3c(c(C(=O)O)c2)OCCO3)n1. The van der Waals surface area contributed by atoms with E-state index in [9.17, 15) is 18.3 Å². The molecule has 2 heterocycles. The zero-order valence-corrected chi connectivity index (χ0v) is 12.7.